The molecule has 1 heterocycles. The Balaban J connectivity index is 2.11. The highest BCUT2D eigenvalue weighted by atomic mass is 16.7. The fraction of sp³-hybridized carbons (Fsp3) is 0.833. The molecule has 0 bridgehead atoms. The van der Waals surface area contributed by atoms with Gasteiger partial charge in [-0.15, -0.1) is 0 Å². The molecule has 0 aromatic heterocycles. The van der Waals surface area contributed by atoms with Gasteiger partial charge < -0.3 is 39.4 Å². The summed E-state index contributed by atoms with van der Waals surface area (Å²) >= 11 is 0. The van der Waals surface area contributed by atoms with Gasteiger partial charge in [-0.25, -0.2) is 0 Å². The van der Waals surface area contributed by atoms with E-state index in [4.69, 9.17) is 18.9 Å². The van der Waals surface area contributed by atoms with Crippen molar-refractivity contribution in [2.75, 3.05) is 26.4 Å². The number of carbonyl (C=O) groups excluding carboxylic acids is 1. The van der Waals surface area contributed by atoms with Crippen LogP contribution >= 0.6 is 0 Å². The van der Waals surface area contributed by atoms with Gasteiger partial charge in [0.15, 0.2) is 6.29 Å². The average Bonchev–Trinajstić information content (AvgIpc) is 3.13. The molecule has 1 fully saturated rings. The molecular formula is C42H76O9. The minimum absolute atomic E-state index is 0.117. The molecule has 1 aliphatic heterocycles. The largest absolute Gasteiger partial charge is 0.457 e. The minimum atomic E-state index is -1.53. The van der Waals surface area contributed by atoms with Crippen LogP contribution in [0.5, 0.6) is 0 Å². The molecule has 1 rings (SSSR count). The fourth-order valence-corrected chi connectivity index (χ4v) is 6.03. The van der Waals surface area contributed by atoms with E-state index in [1.54, 1.807) is 0 Å². The third kappa shape index (κ3) is 25.9. The molecule has 0 radical (unpaired) electrons. The van der Waals surface area contributed by atoms with Crippen LogP contribution < -0.4 is 0 Å². The molecule has 0 amide bonds. The summed E-state index contributed by atoms with van der Waals surface area (Å²) in [6.07, 6.45) is 32.4. The lowest BCUT2D eigenvalue weighted by Crippen LogP contribution is -2.59. The monoisotopic (exact) mass is 725 g/mol. The molecular weight excluding hydrogens is 648 g/mol. The van der Waals surface area contributed by atoms with E-state index in [1.807, 2.05) is 0 Å². The van der Waals surface area contributed by atoms with E-state index in [-0.39, 0.29) is 19.2 Å². The number of aliphatic hydroxyl groups excluding tert-OH is 4. The Bertz CT molecular complexity index is 874. The van der Waals surface area contributed by atoms with E-state index in [0.717, 1.165) is 51.4 Å². The molecule has 9 heteroatoms. The van der Waals surface area contributed by atoms with Crippen LogP contribution in [0.25, 0.3) is 0 Å². The molecule has 4 N–H and O–H groups in total. The fourth-order valence-electron chi connectivity index (χ4n) is 6.03. The van der Waals surface area contributed by atoms with Gasteiger partial charge in [0.05, 0.1) is 19.8 Å². The zero-order valence-electron chi connectivity index (χ0n) is 32.4. The zero-order valence-corrected chi connectivity index (χ0v) is 32.4. The number of esters is 1. The molecule has 0 aromatic rings. The molecule has 6 atom stereocenters. The minimum Gasteiger partial charge on any atom is -0.457 e. The summed E-state index contributed by atoms with van der Waals surface area (Å²) in [4.78, 5) is 12.4. The highest BCUT2D eigenvalue weighted by Gasteiger charge is 2.44. The first-order valence-corrected chi connectivity index (χ1v) is 20.6. The predicted molar refractivity (Wildman–Crippen MR) is 205 cm³/mol. The Morgan fingerprint density at radius 3 is 1.71 bits per heavy atom. The molecule has 6 unspecified atom stereocenters. The van der Waals surface area contributed by atoms with Crippen LogP contribution in [0.1, 0.15) is 162 Å². The Hall–Kier alpha value is -1.59. The SMILES string of the molecule is CCCCCCC/C=C\C/C=C\C/C=C\CCCCCCCCCCCOCC(COC1OC(CO)C(O)C(O)C1O)OC(=O)CCCCCC. The maximum absolute atomic E-state index is 12.4. The summed E-state index contributed by atoms with van der Waals surface area (Å²) in [6, 6.07) is 0. The van der Waals surface area contributed by atoms with Crippen molar-refractivity contribution in [3.63, 3.8) is 0 Å². The third-order valence-electron chi connectivity index (χ3n) is 9.31. The van der Waals surface area contributed by atoms with E-state index in [2.05, 4.69) is 50.3 Å². The molecule has 0 aliphatic carbocycles. The lowest BCUT2D eigenvalue weighted by atomic mass is 9.99. The van der Waals surface area contributed by atoms with Crippen LogP contribution in [0, 0.1) is 0 Å². The van der Waals surface area contributed by atoms with Gasteiger partial charge in [0.1, 0.15) is 30.5 Å². The number of hydrogen-bond donors (Lipinski definition) is 4. The Kier molecular flexibility index (Phi) is 31.8. The van der Waals surface area contributed by atoms with Gasteiger partial charge in [-0.3, -0.25) is 4.79 Å². The van der Waals surface area contributed by atoms with Crippen molar-refractivity contribution in [2.45, 2.75) is 198 Å². The van der Waals surface area contributed by atoms with Crippen molar-refractivity contribution in [1.82, 2.24) is 0 Å². The van der Waals surface area contributed by atoms with Crippen molar-refractivity contribution in [1.29, 1.82) is 0 Å². The summed E-state index contributed by atoms with van der Waals surface area (Å²) in [5.74, 6) is -0.334. The quantitative estimate of drug-likeness (QED) is 0.0293. The lowest BCUT2D eigenvalue weighted by molar-refractivity contribution is -0.305. The normalized spacial score (nSPS) is 21.7. The van der Waals surface area contributed by atoms with Crippen LogP contribution in [0.2, 0.25) is 0 Å². The van der Waals surface area contributed by atoms with E-state index in [0.29, 0.717) is 13.0 Å². The van der Waals surface area contributed by atoms with Gasteiger partial charge in [0, 0.05) is 13.0 Å². The van der Waals surface area contributed by atoms with E-state index < -0.39 is 43.4 Å². The number of carbonyl (C=O) groups is 1. The van der Waals surface area contributed by atoms with Gasteiger partial charge in [-0.1, -0.05) is 140 Å². The number of hydrogen-bond acceptors (Lipinski definition) is 9. The third-order valence-corrected chi connectivity index (χ3v) is 9.31. The van der Waals surface area contributed by atoms with Gasteiger partial charge in [0.2, 0.25) is 0 Å². The molecule has 51 heavy (non-hydrogen) atoms. The molecule has 298 valence electrons. The maximum Gasteiger partial charge on any atom is 0.306 e. The molecule has 1 saturated heterocycles. The first-order chi connectivity index (χ1) is 24.9. The average molecular weight is 725 g/mol. The van der Waals surface area contributed by atoms with Crippen molar-refractivity contribution in [3.05, 3.63) is 36.5 Å². The molecule has 1 aliphatic rings. The smallest absolute Gasteiger partial charge is 0.306 e. The highest BCUT2D eigenvalue weighted by molar-refractivity contribution is 5.69. The highest BCUT2D eigenvalue weighted by Crippen LogP contribution is 2.22. The Morgan fingerprint density at radius 1 is 0.627 bits per heavy atom. The van der Waals surface area contributed by atoms with Crippen LogP contribution in [-0.4, -0.2) is 89.6 Å². The van der Waals surface area contributed by atoms with Crippen LogP contribution in [0.4, 0.5) is 0 Å². The molecule has 9 nitrogen and oxygen atoms in total. The summed E-state index contributed by atoms with van der Waals surface area (Å²) in [6.45, 7) is 4.40. The second-order valence-electron chi connectivity index (χ2n) is 14.1. The first-order valence-electron chi connectivity index (χ1n) is 20.6. The second kappa shape index (κ2) is 34.2. The topological polar surface area (TPSA) is 135 Å². The van der Waals surface area contributed by atoms with Gasteiger partial charge in [-0.2, -0.15) is 0 Å². The summed E-state index contributed by atoms with van der Waals surface area (Å²) in [5.41, 5.74) is 0. The molecule has 0 aromatic carbocycles. The molecule has 0 spiro atoms. The van der Waals surface area contributed by atoms with Gasteiger partial charge in [-0.05, 0) is 51.4 Å². The van der Waals surface area contributed by atoms with Crippen LogP contribution in [0.3, 0.4) is 0 Å². The van der Waals surface area contributed by atoms with E-state index >= 15 is 0 Å². The van der Waals surface area contributed by atoms with E-state index in [9.17, 15) is 25.2 Å². The van der Waals surface area contributed by atoms with Gasteiger partial charge >= 0.3 is 5.97 Å². The van der Waals surface area contributed by atoms with Crippen LogP contribution in [-0.2, 0) is 23.7 Å². The maximum atomic E-state index is 12.4. The lowest BCUT2D eigenvalue weighted by Gasteiger charge is -2.39. The number of allylic oxidation sites excluding steroid dienone is 6. The van der Waals surface area contributed by atoms with Crippen molar-refractivity contribution >= 4 is 5.97 Å². The standard InChI is InChI=1S/C42H76O9/c1-3-5-7-9-10-11-12-13-14-15-16-17-18-19-20-21-22-23-24-25-26-27-28-30-32-48-34-36(50-38(44)31-29-8-6-4-2)35-49-42-41(47)40(46)39(45)37(33-43)51-42/h12-13,15-16,18-19,36-37,39-43,45-47H,3-11,14,17,20-35H2,1-2H3/b13-12-,16-15-,19-18-. The predicted octanol–water partition coefficient (Wildman–Crippen LogP) is 8.41. The van der Waals surface area contributed by atoms with Crippen molar-refractivity contribution in [2.24, 2.45) is 0 Å². The van der Waals surface area contributed by atoms with Crippen molar-refractivity contribution < 1.29 is 44.2 Å². The Morgan fingerprint density at radius 2 is 1.14 bits per heavy atom. The van der Waals surface area contributed by atoms with Crippen molar-refractivity contribution in [3.8, 4) is 0 Å². The summed E-state index contributed by atoms with van der Waals surface area (Å²) in [7, 11) is 0. The summed E-state index contributed by atoms with van der Waals surface area (Å²) in [5, 5.41) is 39.7. The molecule has 0 saturated carbocycles. The second-order valence-corrected chi connectivity index (χ2v) is 14.1. The first kappa shape index (κ1) is 47.4. The Labute approximate surface area is 310 Å². The number of rotatable bonds is 34. The van der Waals surface area contributed by atoms with Gasteiger partial charge in [0.25, 0.3) is 0 Å². The summed E-state index contributed by atoms with van der Waals surface area (Å²) < 4.78 is 22.5. The van der Waals surface area contributed by atoms with Crippen LogP contribution in [0.15, 0.2) is 36.5 Å². The zero-order chi connectivity index (χ0) is 37.2. The number of unbranched alkanes of at least 4 members (excludes halogenated alkanes) is 17. The number of aliphatic hydroxyl groups is 4. The number of ether oxygens (including phenoxy) is 4. The van der Waals surface area contributed by atoms with E-state index in [1.165, 1.54) is 89.9 Å².